The zero-order valence-electron chi connectivity index (χ0n) is 7.93. The zero-order valence-corrected chi connectivity index (χ0v) is 7.93. The molecule has 0 heterocycles. The van der Waals surface area contributed by atoms with Crippen LogP contribution in [0.5, 0.6) is 0 Å². The summed E-state index contributed by atoms with van der Waals surface area (Å²) in [6, 6.07) is 7.02. The number of hydrogen-bond acceptors (Lipinski definition) is 1. The van der Waals surface area contributed by atoms with Crippen molar-refractivity contribution in [2.24, 2.45) is 0 Å². The van der Waals surface area contributed by atoms with Crippen LogP contribution in [0.25, 0.3) is 0 Å². The van der Waals surface area contributed by atoms with Gasteiger partial charge in [0.1, 0.15) is 0 Å². The summed E-state index contributed by atoms with van der Waals surface area (Å²) in [6.45, 7) is 1.66. The fourth-order valence-electron chi connectivity index (χ4n) is 1.46. The maximum atomic E-state index is 12.6. The van der Waals surface area contributed by atoms with Crippen molar-refractivity contribution in [1.82, 2.24) is 0 Å². The van der Waals surface area contributed by atoms with Gasteiger partial charge in [-0.25, -0.2) is 8.78 Å². The van der Waals surface area contributed by atoms with E-state index >= 15 is 0 Å². The fourth-order valence-corrected chi connectivity index (χ4v) is 1.46. The van der Waals surface area contributed by atoms with E-state index < -0.39 is 6.43 Å². The molecule has 0 N–H and O–H groups in total. The molecule has 1 rings (SSSR count). The topological polar surface area (TPSA) is 23.8 Å². The number of rotatable bonds is 3. The molecule has 0 atom stereocenters. The first-order valence-corrected chi connectivity index (χ1v) is 4.40. The van der Waals surface area contributed by atoms with Crippen LogP contribution in [0.4, 0.5) is 8.78 Å². The molecule has 1 aromatic rings. The lowest BCUT2D eigenvalue weighted by atomic mass is 9.99. The second kappa shape index (κ2) is 4.71. The van der Waals surface area contributed by atoms with Gasteiger partial charge in [-0.15, -0.1) is 0 Å². The van der Waals surface area contributed by atoms with Crippen LogP contribution in [0.2, 0.25) is 0 Å². The summed E-state index contributed by atoms with van der Waals surface area (Å²) in [5.41, 5.74) is 1.26. The van der Waals surface area contributed by atoms with Gasteiger partial charge in [0.05, 0.1) is 6.07 Å². The number of nitriles is 1. The maximum absolute atomic E-state index is 12.6. The molecule has 0 saturated heterocycles. The Balaban J connectivity index is 3.03. The van der Waals surface area contributed by atoms with Crippen LogP contribution in [0.3, 0.4) is 0 Å². The van der Waals surface area contributed by atoms with Crippen LogP contribution >= 0.6 is 0 Å². The van der Waals surface area contributed by atoms with Gasteiger partial charge in [-0.2, -0.15) is 5.26 Å². The van der Waals surface area contributed by atoms with E-state index in [-0.39, 0.29) is 12.0 Å². The minimum Gasteiger partial charge on any atom is -0.205 e. The van der Waals surface area contributed by atoms with Gasteiger partial charge in [0, 0.05) is 12.0 Å². The van der Waals surface area contributed by atoms with Gasteiger partial charge in [-0.05, 0) is 24.5 Å². The molecule has 0 bridgehead atoms. The Morgan fingerprint density at radius 1 is 1.43 bits per heavy atom. The summed E-state index contributed by atoms with van der Waals surface area (Å²) in [7, 11) is 0. The third-order valence-corrected chi connectivity index (χ3v) is 2.14. The lowest BCUT2D eigenvalue weighted by Gasteiger charge is -2.10. The van der Waals surface area contributed by atoms with E-state index in [0.29, 0.717) is 17.5 Å². The van der Waals surface area contributed by atoms with E-state index in [9.17, 15) is 8.78 Å². The summed E-state index contributed by atoms with van der Waals surface area (Å²) in [4.78, 5) is 0. The highest BCUT2D eigenvalue weighted by atomic mass is 19.3. The summed E-state index contributed by atoms with van der Waals surface area (Å²) >= 11 is 0. The molecule has 0 aliphatic heterocycles. The van der Waals surface area contributed by atoms with E-state index in [2.05, 4.69) is 0 Å². The molecular weight excluding hydrogens is 184 g/mol. The van der Waals surface area contributed by atoms with Gasteiger partial charge in [-0.3, -0.25) is 0 Å². The molecule has 0 aliphatic rings. The van der Waals surface area contributed by atoms with Crippen molar-refractivity contribution in [3.8, 4) is 6.07 Å². The average molecular weight is 195 g/mol. The Bertz CT molecular complexity index is 353. The van der Waals surface area contributed by atoms with Crippen molar-refractivity contribution in [2.75, 3.05) is 0 Å². The highest BCUT2D eigenvalue weighted by Crippen LogP contribution is 2.27. The molecule has 0 aromatic heterocycles. The number of nitrogens with zero attached hydrogens (tertiary/aromatic N) is 1. The summed E-state index contributed by atoms with van der Waals surface area (Å²) in [6.07, 6.45) is -1.77. The molecule has 74 valence electrons. The SMILES string of the molecule is Cc1cccc(CCC#N)c1C(F)F. The number of halogens is 2. The molecule has 1 nitrogen and oxygen atoms in total. The molecule has 0 aliphatic carbocycles. The normalized spacial score (nSPS) is 10.2. The van der Waals surface area contributed by atoms with Crippen molar-refractivity contribution in [3.05, 3.63) is 34.9 Å². The Morgan fingerprint density at radius 2 is 2.14 bits per heavy atom. The van der Waals surface area contributed by atoms with E-state index in [1.165, 1.54) is 0 Å². The van der Waals surface area contributed by atoms with Gasteiger partial charge in [0.15, 0.2) is 0 Å². The predicted molar refractivity (Wildman–Crippen MR) is 50.1 cm³/mol. The van der Waals surface area contributed by atoms with E-state index in [0.717, 1.165) is 0 Å². The smallest absolute Gasteiger partial charge is 0.205 e. The lowest BCUT2D eigenvalue weighted by molar-refractivity contribution is 0.149. The monoisotopic (exact) mass is 195 g/mol. The molecule has 0 unspecified atom stereocenters. The minimum atomic E-state index is -2.45. The van der Waals surface area contributed by atoms with E-state index in [4.69, 9.17) is 5.26 Å². The van der Waals surface area contributed by atoms with Crippen LogP contribution in [-0.4, -0.2) is 0 Å². The first-order valence-electron chi connectivity index (χ1n) is 4.40. The quantitative estimate of drug-likeness (QED) is 0.725. The molecule has 3 heteroatoms. The Morgan fingerprint density at radius 3 is 2.71 bits per heavy atom. The van der Waals surface area contributed by atoms with Crippen molar-refractivity contribution >= 4 is 0 Å². The first-order chi connectivity index (χ1) is 6.66. The summed E-state index contributed by atoms with van der Waals surface area (Å²) in [5.74, 6) is 0. The van der Waals surface area contributed by atoms with Gasteiger partial charge in [-0.1, -0.05) is 18.2 Å². The van der Waals surface area contributed by atoms with Crippen LogP contribution in [-0.2, 0) is 6.42 Å². The number of hydrogen-bond donors (Lipinski definition) is 0. The molecular formula is C11H11F2N. The molecule has 0 amide bonds. The molecule has 0 spiro atoms. The number of benzene rings is 1. The van der Waals surface area contributed by atoms with Gasteiger partial charge in [0.25, 0.3) is 6.43 Å². The minimum absolute atomic E-state index is 0.0859. The van der Waals surface area contributed by atoms with E-state index in [1.54, 1.807) is 25.1 Å². The third-order valence-electron chi connectivity index (χ3n) is 2.14. The average Bonchev–Trinajstić information content (AvgIpc) is 2.14. The molecule has 14 heavy (non-hydrogen) atoms. The Hall–Kier alpha value is -1.43. The second-order valence-corrected chi connectivity index (χ2v) is 3.11. The van der Waals surface area contributed by atoms with Gasteiger partial charge < -0.3 is 0 Å². The third kappa shape index (κ3) is 2.29. The van der Waals surface area contributed by atoms with Crippen LogP contribution in [0, 0.1) is 18.3 Å². The fraction of sp³-hybridized carbons (Fsp3) is 0.364. The van der Waals surface area contributed by atoms with Crippen molar-refractivity contribution in [2.45, 2.75) is 26.2 Å². The van der Waals surface area contributed by atoms with Crippen LogP contribution in [0.15, 0.2) is 18.2 Å². The Labute approximate surface area is 82.0 Å². The predicted octanol–water partition coefficient (Wildman–Crippen LogP) is 3.39. The van der Waals surface area contributed by atoms with Crippen molar-refractivity contribution in [3.63, 3.8) is 0 Å². The number of aryl methyl sites for hydroxylation is 2. The first kappa shape index (κ1) is 10.6. The summed E-state index contributed by atoms with van der Waals surface area (Å²) < 4.78 is 25.3. The highest BCUT2D eigenvalue weighted by molar-refractivity contribution is 5.35. The maximum Gasteiger partial charge on any atom is 0.264 e. The lowest BCUT2D eigenvalue weighted by Crippen LogP contribution is -1.97. The van der Waals surface area contributed by atoms with Crippen LogP contribution < -0.4 is 0 Å². The van der Waals surface area contributed by atoms with Gasteiger partial charge >= 0.3 is 0 Å². The number of alkyl halides is 2. The second-order valence-electron chi connectivity index (χ2n) is 3.11. The van der Waals surface area contributed by atoms with Crippen molar-refractivity contribution < 1.29 is 8.78 Å². The van der Waals surface area contributed by atoms with Crippen molar-refractivity contribution in [1.29, 1.82) is 5.26 Å². The Kier molecular flexibility index (Phi) is 3.58. The largest absolute Gasteiger partial charge is 0.264 e. The molecule has 1 aromatic carbocycles. The molecule has 0 fully saturated rings. The summed E-state index contributed by atoms with van der Waals surface area (Å²) in [5, 5.41) is 8.39. The van der Waals surface area contributed by atoms with E-state index in [1.807, 2.05) is 6.07 Å². The molecule has 0 radical (unpaired) electrons. The highest BCUT2D eigenvalue weighted by Gasteiger charge is 2.14. The van der Waals surface area contributed by atoms with Gasteiger partial charge in [0.2, 0.25) is 0 Å². The standard InChI is InChI=1S/C11H11F2N/c1-8-4-2-5-9(6-3-7-14)10(8)11(12)13/h2,4-5,11H,3,6H2,1H3. The molecule has 0 saturated carbocycles. The van der Waals surface area contributed by atoms with Crippen LogP contribution in [0.1, 0.15) is 29.5 Å². The zero-order chi connectivity index (χ0) is 10.6.